The topological polar surface area (TPSA) is 53.0 Å². The first-order chi connectivity index (χ1) is 13.6. The number of carboxylic acid groups (broad SMARTS) is 1. The average molecular weight is 439 g/mol. The summed E-state index contributed by atoms with van der Waals surface area (Å²) >= 11 is 6.17. The zero-order valence-electron chi connectivity index (χ0n) is 16.4. The van der Waals surface area contributed by atoms with Gasteiger partial charge in [0, 0.05) is 36.0 Å². The molecule has 0 spiro atoms. The fourth-order valence-electron chi connectivity index (χ4n) is 3.57. The van der Waals surface area contributed by atoms with Crippen LogP contribution in [0.3, 0.4) is 0 Å². The van der Waals surface area contributed by atoms with Gasteiger partial charge in [-0.15, -0.1) is 12.4 Å². The van der Waals surface area contributed by atoms with Gasteiger partial charge in [-0.25, -0.2) is 0 Å². The van der Waals surface area contributed by atoms with Crippen LogP contribution in [-0.2, 0) is 9.53 Å². The van der Waals surface area contributed by atoms with Gasteiger partial charge in [-0.2, -0.15) is 0 Å². The molecule has 1 saturated heterocycles. The van der Waals surface area contributed by atoms with Gasteiger partial charge in [-0.3, -0.25) is 4.79 Å². The quantitative estimate of drug-likeness (QED) is 0.574. The number of halogens is 2. The number of hydrogen-bond donors (Lipinski definition) is 1. The van der Waals surface area contributed by atoms with E-state index < -0.39 is 5.97 Å². The molecule has 7 heteroatoms. The summed E-state index contributed by atoms with van der Waals surface area (Å²) in [6.45, 7) is 4.24. The first-order valence-electron chi connectivity index (χ1n) is 9.74. The van der Waals surface area contributed by atoms with Crippen LogP contribution in [0.2, 0.25) is 5.02 Å². The van der Waals surface area contributed by atoms with Crippen molar-refractivity contribution in [3.05, 3.63) is 59.6 Å². The van der Waals surface area contributed by atoms with Gasteiger partial charge >= 0.3 is 5.97 Å². The monoisotopic (exact) mass is 438 g/mol. The molecule has 29 heavy (non-hydrogen) atoms. The van der Waals surface area contributed by atoms with E-state index in [0.29, 0.717) is 31.3 Å². The van der Waals surface area contributed by atoms with Crippen molar-refractivity contribution in [2.45, 2.75) is 12.8 Å². The molecule has 0 aromatic heterocycles. The number of para-hydroxylation sites is 1. The molecule has 1 aliphatic rings. The van der Waals surface area contributed by atoms with Crippen molar-refractivity contribution in [1.29, 1.82) is 0 Å². The Morgan fingerprint density at radius 1 is 1.14 bits per heavy atom. The zero-order valence-corrected chi connectivity index (χ0v) is 17.9. The second kappa shape index (κ2) is 12.0. The van der Waals surface area contributed by atoms with Crippen molar-refractivity contribution >= 4 is 41.4 Å². The lowest BCUT2D eigenvalue weighted by Gasteiger charge is -2.30. The minimum Gasteiger partial charge on any atom is -0.481 e. The highest BCUT2D eigenvalue weighted by molar-refractivity contribution is 6.30. The highest BCUT2D eigenvalue weighted by atomic mass is 35.5. The van der Waals surface area contributed by atoms with Crippen molar-refractivity contribution < 1.29 is 14.6 Å². The number of benzene rings is 2. The van der Waals surface area contributed by atoms with Gasteiger partial charge in [0.25, 0.3) is 0 Å². The average Bonchev–Trinajstić information content (AvgIpc) is 2.71. The van der Waals surface area contributed by atoms with E-state index in [-0.39, 0.29) is 18.3 Å². The molecule has 3 rings (SSSR count). The van der Waals surface area contributed by atoms with E-state index in [1.165, 1.54) is 0 Å². The predicted octanol–water partition coefficient (Wildman–Crippen LogP) is 4.71. The molecule has 0 saturated carbocycles. The summed E-state index contributed by atoms with van der Waals surface area (Å²) in [4.78, 5) is 15.5. The lowest BCUT2D eigenvalue weighted by Crippen LogP contribution is -2.40. The van der Waals surface area contributed by atoms with E-state index in [1.54, 1.807) is 0 Å². The smallest absolute Gasteiger partial charge is 0.307 e. The SMILES string of the molecule is Cl.O=C(O)C1CCCN(CCOCCN(c2ccccc2)c2cccc(Cl)c2)C1. The number of carbonyl (C=O) groups is 1. The molecule has 5 nitrogen and oxygen atoms in total. The lowest BCUT2D eigenvalue weighted by molar-refractivity contribution is -0.143. The lowest BCUT2D eigenvalue weighted by atomic mass is 9.98. The number of anilines is 2. The molecule has 2 aromatic rings. The molecule has 1 atom stereocenters. The van der Waals surface area contributed by atoms with E-state index in [2.05, 4.69) is 21.9 Å². The molecular weight excluding hydrogens is 411 g/mol. The van der Waals surface area contributed by atoms with E-state index in [9.17, 15) is 9.90 Å². The molecule has 1 N–H and O–H groups in total. The third kappa shape index (κ3) is 7.19. The van der Waals surface area contributed by atoms with Crippen molar-refractivity contribution in [3.63, 3.8) is 0 Å². The van der Waals surface area contributed by atoms with E-state index >= 15 is 0 Å². The Bertz CT molecular complexity index is 761. The van der Waals surface area contributed by atoms with Gasteiger partial charge in [0.15, 0.2) is 0 Å². The summed E-state index contributed by atoms with van der Waals surface area (Å²) in [5.41, 5.74) is 2.12. The number of rotatable bonds is 9. The third-order valence-electron chi connectivity index (χ3n) is 5.05. The van der Waals surface area contributed by atoms with Crippen LogP contribution < -0.4 is 4.90 Å². The summed E-state index contributed by atoms with van der Waals surface area (Å²) in [5, 5.41) is 9.90. The third-order valence-corrected chi connectivity index (χ3v) is 5.29. The van der Waals surface area contributed by atoms with Crippen molar-refractivity contribution in [2.75, 3.05) is 44.3 Å². The molecular formula is C22H28Cl2N2O3. The van der Waals surface area contributed by atoms with E-state index in [4.69, 9.17) is 16.3 Å². The number of likely N-dealkylation sites (tertiary alicyclic amines) is 1. The maximum absolute atomic E-state index is 11.2. The Kier molecular flexibility index (Phi) is 9.74. The fourth-order valence-corrected chi connectivity index (χ4v) is 3.76. The molecule has 158 valence electrons. The summed E-state index contributed by atoms with van der Waals surface area (Å²) in [7, 11) is 0. The summed E-state index contributed by atoms with van der Waals surface area (Å²) < 4.78 is 5.87. The molecule has 2 aromatic carbocycles. The van der Waals surface area contributed by atoms with Crippen LogP contribution in [-0.4, -0.2) is 55.4 Å². The second-order valence-electron chi connectivity index (χ2n) is 7.06. The summed E-state index contributed by atoms with van der Waals surface area (Å²) in [6, 6.07) is 18.0. The van der Waals surface area contributed by atoms with Gasteiger partial charge in [0.1, 0.15) is 0 Å². The molecule has 1 heterocycles. The zero-order chi connectivity index (χ0) is 19.8. The number of hydrogen-bond acceptors (Lipinski definition) is 4. The Labute approximate surface area is 183 Å². The van der Waals surface area contributed by atoms with Crippen LogP contribution in [0.25, 0.3) is 0 Å². The van der Waals surface area contributed by atoms with Crippen LogP contribution in [0.15, 0.2) is 54.6 Å². The standard InChI is InChI=1S/C22H27ClN2O3.ClH/c23-19-7-4-10-21(16-19)25(20-8-2-1-3-9-20)13-15-28-14-12-24-11-5-6-18(17-24)22(26)27;/h1-4,7-10,16,18H,5-6,11-15,17H2,(H,26,27);1H. The van der Waals surface area contributed by atoms with Gasteiger partial charge in [-0.05, 0) is 49.7 Å². The van der Waals surface area contributed by atoms with Crippen molar-refractivity contribution in [3.8, 4) is 0 Å². The first kappa shape index (κ1) is 23.5. The predicted molar refractivity (Wildman–Crippen MR) is 120 cm³/mol. The van der Waals surface area contributed by atoms with Crippen LogP contribution in [0.1, 0.15) is 12.8 Å². The number of aliphatic carboxylic acids is 1. The van der Waals surface area contributed by atoms with E-state index in [0.717, 1.165) is 37.3 Å². The number of piperidine rings is 1. The van der Waals surface area contributed by atoms with Crippen LogP contribution >= 0.6 is 24.0 Å². The molecule has 0 aliphatic carbocycles. The summed E-state index contributed by atoms with van der Waals surface area (Å²) in [5.74, 6) is -0.934. The Morgan fingerprint density at radius 3 is 2.62 bits per heavy atom. The van der Waals surface area contributed by atoms with E-state index in [1.807, 2.05) is 42.5 Å². The normalized spacial score (nSPS) is 16.8. The number of ether oxygens (including phenoxy) is 1. The van der Waals surface area contributed by atoms with Crippen molar-refractivity contribution in [2.24, 2.45) is 5.92 Å². The Balaban J connectivity index is 0.00000300. The van der Waals surface area contributed by atoms with Gasteiger partial charge in [0.2, 0.25) is 0 Å². The highest BCUT2D eigenvalue weighted by Crippen LogP contribution is 2.27. The Morgan fingerprint density at radius 2 is 1.90 bits per heavy atom. The molecule has 0 radical (unpaired) electrons. The highest BCUT2D eigenvalue weighted by Gasteiger charge is 2.24. The minimum atomic E-state index is -0.689. The Hall–Kier alpha value is -1.79. The number of nitrogens with zero attached hydrogens (tertiary/aromatic N) is 2. The van der Waals surface area contributed by atoms with Crippen molar-refractivity contribution in [1.82, 2.24) is 4.90 Å². The molecule has 1 fully saturated rings. The fraction of sp³-hybridized carbons (Fsp3) is 0.409. The first-order valence-corrected chi connectivity index (χ1v) is 10.1. The maximum Gasteiger partial charge on any atom is 0.307 e. The van der Waals surface area contributed by atoms with Gasteiger partial charge < -0.3 is 19.6 Å². The minimum absolute atomic E-state index is 0. The van der Waals surface area contributed by atoms with Crippen LogP contribution in [0.4, 0.5) is 11.4 Å². The van der Waals surface area contributed by atoms with Crippen LogP contribution in [0.5, 0.6) is 0 Å². The van der Waals surface area contributed by atoms with Crippen LogP contribution in [0, 0.1) is 5.92 Å². The largest absolute Gasteiger partial charge is 0.481 e. The second-order valence-corrected chi connectivity index (χ2v) is 7.49. The molecule has 0 amide bonds. The van der Waals surface area contributed by atoms with Gasteiger partial charge in [0.05, 0.1) is 19.1 Å². The number of carboxylic acids is 1. The maximum atomic E-state index is 11.2. The summed E-state index contributed by atoms with van der Waals surface area (Å²) in [6.07, 6.45) is 1.71. The molecule has 1 aliphatic heterocycles. The molecule has 1 unspecified atom stereocenters. The molecule has 0 bridgehead atoms. The van der Waals surface area contributed by atoms with Gasteiger partial charge in [-0.1, -0.05) is 35.9 Å².